The Morgan fingerprint density at radius 2 is 2.15 bits per heavy atom. The lowest BCUT2D eigenvalue weighted by atomic mass is 9.99. The summed E-state index contributed by atoms with van der Waals surface area (Å²) in [4.78, 5) is 24.1. The normalized spacial score (nSPS) is 14.8. The highest BCUT2D eigenvalue weighted by Gasteiger charge is 2.35. The third-order valence-electron chi connectivity index (χ3n) is 3.43. The fourth-order valence-electron chi connectivity index (χ4n) is 2.11. The number of amides is 1. The van der Waals surface area contributed by atoms with Crippen LogP contribution in [0.1, 0.15) is 12.0 Å². The summed E-state index contributed by atoms with van der Waals surface area (Å²) < 4.78 is 5.06. The molecule has 1 N–H and O–H groups in total. The van der Waals surface area contributed by atoms with Gasteiger partial charge < -0.3 is 14.7 Å². The van der Waals surface area contributed by atoms with E-state index in [-0.39, 0.29) is 5.91 Å². The van der Waals surface area contributed by atoms with Crippen LogP contribution in [-0.2, 0) is 16.0 Å². The zero-order chi connectivity index (χ0) is 14.7. The van der Waals surface area contributed by atoms with Crippen molar-refractivity contribution < 1.29 is 19.4 Å². The highest BCUT2D eigenvalue weighted by molar-refractivity contribution is 6.32. The van der Waals surface area contributed by atoms with Crippen molar-refractivity contribution in [3.63, 3.8) is 0 Å². The Morgan fingerprint density at radius 1 is 1.45 bits per heavy atom. The number of benzene rings is 1. The minimum absolute atomic E-state index is 0.0190. The summed E-state index contributed by atoms with van der Waals surface area (Å²) in [6.07, 6.45) is 0.936. The number of hydrogen-bond acceptors (Lipinski definition) is 3. The summed E-state index contributed by atoms with van der Waals surface area (Å²) in [6, 6.07) is 5.42. The maximum atomic E-state index is 11.9. The maximum absolute atomic E-state index is 11.9. The highest BCUT2D eigenvalue weighted by Crippen LogP contribution is 2.25. The molecule has 0 aromatic heterocycles. The summed E-state index contributed by atoms with van der Waals surface area (Å²) in [7, 11) is 1.55. The van der Waals surface area contributed by atoms with E-state index in [1.54, 1.807) is 24.1 Å². The van der Waals surface area contributed by atoms with E-state index in [4.69, 9.17) is 21.4 Å². The highest BCUT2D eigenvalue weighted by atomic mass is 35.5. The van der Waals surface area contributed by atoms with Crippen LogP contribution in [0.4, 0.5) is 0 Å². The van der Waals surface area contributed by atoms with Gasteiger partial charge in [0.25, 0.3) is 0 Å². The summed E-state index contributed by atoms with van der Waals surface area (Å²) in [5.74, 6) is -0.659. The molecule has 0 radical (unpaired) electrons. The first-order chi connectivity index (χ1) is 9.51. The number of hydrogen-bond donors (Lipinski definition) is 1. The summed E-state index contributed by atoms with van der Waals surface area (Å²) in [5, 5.41) is 9.28. The predicted molar refractivity (Wildman–Crippen MR) is 74.0 cm³/mol. The summed E-state index contributed by atoms with van der Waals surface area (Å²) >= 11 is 6.01. The number of methoxy groups -OCH3 is 1. The van der Waals surface area contributed by atoms with Gasteiger partial charge >= 0.3 is 5.97 Å². The topological polar surface area (TPSA) is 66.8 Å². The van der Waals surface area contributed by atoms with Crippen molar-refractivity contribution in [2.45, 2.75) is 12.8 Å². The largest absolute Gasteiger partial charge is 0.495 e. The first-order valence-electron chi connectivity index (χ1n) is 6.34. The van der Waals surface area contributed by atoms with Gasteiger partial charge in [0.15, 0.2) is 0 Å². The standard InChI is InChI=1S/C14H16ClNO4/c1-20-12-4-2-9(6-11(12)15)3-5-13(17)16-7-10(8-16)14(18)19/h2,4,6,10H,3,5,7-8H2,1H3,(H,18,19). The Balaban J connectivity index is 1.82. The second-order valence-electron chi connectivity index (χ2n) is 4.80. The van der Waals surface area contributed by atoms with E-state index in [0.717, 1.165) is 5.56 Å². The van der Waals surface area contributed by atoms with Crippen molar-refractivity contribution in [1.82, 2.24) is 4.90 Å². The number of ether oxygens (including phenoxy) is 1. The molecular formula is C14H16ClNO4. The quantitative estimate of drug-likeness (QED) is 0.900. The van der Waals surface area contributed by atoms with E-state index in [1.165, 1.54) is 0 Å². The number of carbonyl (C=O) groups excluding carboxylic acids is 1. The number of aliphatic carboxylic acids is 1. The molecule has 0 saturated carbocycles. The molecule has 1 aromatic carbocycles. The van der Waals surface area contributed by atoms with Gasteiger partial charge in [-0.25, -0.2) is 0 Å². The number of nitrogens with zero attached hydrogens (tertiary/aromatic N) is 1. The van der Waals surface area contributed by atoms with Crippen LogP contribution in [0.3, 0.4) is 0 Å². The van der Waals surface area contributed by atoms with Crippen LogP contribution in [-0.4, -0.2) is 42.1 Å². The average Bonchev–Trinajstić information content (AvgIpc) is 2.34. The Bertz CT molecular complexity index is 526. The number of carboxylic acids is 1. The van der Waals surface area contributed by atoms with Crippen LogP contribution < -0.4 is 4.74 Å². The minimum atomic E-state index is -0.837. The lowest BCUT2D eigenvalue weighted by Crippen LogP contribution is -2.53. The summed E-state index contributed by atoms with van der Waals surface area (Å²) in [6.45, 7) is 0.634. The number of carboxylic acid groups (broad SMARTS) is 1. The van der Waals surface area contributed by atoms with Crippen LogP contribution in [0.5, 0.6) is 5.75 Å². The monoisotopic (exact) mass is 297 g/mol. The number of halogens is 1. The van der Waals surface area contributed by atoms with Gasteiger partial charge in [0.05, 0.1) is 18.1 Å². The van der Waals surface area contributed by atoms with Gasteiger partial charge in [-0.3, -0.25) is 9.59 Å². The molecular weight excluding hydrogens is 282 g/mol. The second kappa shape index (κ2) is 6.13. The zero-order valence-corrected chi connectivity index (χ0v) is 11.9. The lowest BCUT2D eigenvalue weighted by molar-refractivity contribution is -0.152. The Kier molecular flexibility index (Phi) is 4.49. The van der Waals surface area contributed by atoms with Crippen LogP contribution in [0.2, 0.25) is 5.02 Å². The maximum Gasteiger partial charge on any atom is 0.310 e. The Morgan fingerprint density at radius 3 is 2.70 bits per heavy atom. The molecule has 2 rings (SSSR count). The first-order valence-corrected chi connectivity index (χ1v) is 6.72. The van der Waals surface area contributed by atoms with Crippen LogP contribution in [0, 0.1) is 5.92 Å². The van der Waals surface area contributed by atoms with E-state index in [0.29, 0.717) is 36.7 Å². The van der Waals surface area contributed by atoms with E-state index >= 15 is 0 Å². The number of carbonyl (C=O) groups is 2. The fourth-order valence-corrected chi connectivity index (χ4v) is 2.39. The molecule has 0 atom stereocenters. The van der Waals surface area contributed by atoms with E-state index < -0.39 is 11.9 Å². The number of aryl methyl sites for hydroxylation is 1. The van der Waals surface area contributed by atoms with E-state index in [9.17, 15) is 9.59 Å². The van der Waals surface area contributed by atoms with E-state index in [1.807, 2.05) is 6.07 Å². The molecule has 5 nitrogen and oxygen atoms in total. The average molecular weight is 298 g/mol. The van der Waals surface area contributed by atoms with Crippen molar-refractivity contribution in [1.29, 1.82) is 0 Å². The molecule has 1 saturated heterocycles. The van der Waals surface area contributed by atoms with Crippen LogP contribution in [0.25, 0.3) is 0 Å². The lowest BCUT2D eigenvalue weighted by Gasteiger charge is -2.36. The molecule has 1 amide bonds. The zero-order valence-electron chi connectivity index (χ0n) is 11.1. The fraction of sp³-hybridized carbons (Fsp3) is 0.429. The molecule has 1 aromatic rings. The molecule has 1 aliphatic heterocycles. The third kappa shape index (κ3) is 3.22. The number of rotatable bonds is 5. The van der Waals surface area contributed by atoms with Gasteiger partial charge in [-0.2, -0.15) is 0 Å². The van der Waals surface area contributed by atoms with Crippen molar-refractivity contribution in [3.8, 4) is 5.75 Å². The molecule has 1 aliphatic rings. The van der Waals surface area contributed by atoms with Crippen molar-refractivity contribution in [2.75, 3.05) is 20.2 Å². The Labute approximate surface area is 122 Å². The van der Waals surface area contributed by atoms with Gasteiger partial charge in [0, 0.05) is 19.5 Å². The second-order valence-corrected chi connectivity index (χ2v) is 5.21. The van der Waals surface area contributed by atoms with Gasteiger partial charge in [-0.15, -0.1) is 0 Å². The van der Waals surface area contributed by atoms with Gasteiger partial charge in [-0.05, 0) is 24.1 Å². The first kappa shape index (κ1) is 14.7. The predicted octanol–water partition coefficient (Wildman–Crippen LogP) is 1.82. The van der Waals surface area contributed by atoms with Crippen LogP contribution in [0.15, 0.2) is 18.2 Å². The van der Waals surface area contributed by atoms with Crippen molar-refractivity contribution >= 4 is 23.5 Å². The molecule has 108 valence electrons. The molecule has 0 aliphatic carbocycles. The van der Waals surface area contributed by atoms with Gasteiger partial charge in [0.2, 0.25) is 5.91 Å². The van der Waals surface area contributed by atoms with E-state index in [2.05, 4.69) is 0 Å². The van der Waals surface area contributed by atoms with Crippen LogP contribution >= 0.6 is 11.6 Å². The molecule has 1 fully saturated rings. The number of likely N-dealkylation sites (tertiary alicyclic amines) is 1. The molecule has 6 heteroatoms. The molecule has 0 bridgehead atoms. The molecule has 0 unspecified atom stereocenters. The Hall–Kier alpha value is -1.75. The smallest absolute Gasteiger partial charge is 0.310 e. The van der Waals surface area contributed by atoms with Crippen molar-refractivity contribution in [2.24, 2.45) is 5.92 Å². The molecule has 1 heterocycles. The van der Waals surface area contributed by atoms with Gasteiger partial charge in [-0.1, -0.05) is 17.7 Å². The van der Waals surface area contributed by atoms with Gasteiger partial charge in [0.1, 0.15) is 5.75 Å². The summed E-state index contributed by atoms with van der Waals surface area (Å²) in [5.41, 5.74) is 0.958. The SMILES string of the molecule is COc1ccc(CCC(=O)N2CC(C(=O)O)C2)cc1Cl. The van der Waals surface area contributed by atoms with Crippen molar-refractivity contribution in [3.05, 3.63) is 28.8 Å². The molecule has 20 heavy (non-hydrogen) atoms. The minimum Gasteiger partial charge on any atom is -0.495 e. The molecule has 0 spiro atoms. The third-order valence-corrected chi connectivity index (χ3v) is 3.72.